The largest absolute Gasteiger partial charge is 0.368 e. The lowest BCUT2D eigenvalue weighted by Gasteiger charge is -2.11. The van der Waals surface area contributed by atoms with Gasteiger partial charge in [-0.3, -0.25) is 4.79 Å². The molecule has 0 unspecified atom stereocenters. The van der Waals surface area contributed by atoms with E-state index in [1.54, 1.807) is 0 Å². The Balaban J connectivity index is 1.64. The summed E-state index contributed by atoms with van der Waals surface area (Å²) in [4.78, 5) is 12.2. The van der Waals surface area contributed by atoms with E-state index >= 15 is 0 Å². The van der Waals surface area contributed by atoms with Gasteiger partial charge in [0.1, 0.15) is 23.3 Å². The van der Waals surface area contributed by atoms with Crippen molar-refractivity contribution in [1.29, 1.82) is 0 Å². The molecule has 124 valence electrons. The Bertz CT molecular complexity index is 807. The molecule has 3 rings (SSSR count). The molecule has 1 amide bonds. The highest BCUT2D eigenvalue weighted by Crippen LogP contribution is 2.14. The van der Waals surface area contributed by atoms with Crippen molar-refractivity contribution in [2.45, 2.75) is 13.0 Å². The van der Waals surface area contributed by atoms with E-state index in [0.29, 0.717) is 24.4 Å². The van der Waals surface area contributed by atoms with Crippen molar-refractivity contribution in [2.24, 2.45) is 5.10 Å². The molecule has 0 spiro atoms. The van der Waals surface area contributed by atoms with E-state index in [4.69, 9.17) is 0 Å². The second-order valence-corrected chi connectivity index (χ2v) is 5.32. The zero-order chi connectivity index (χ0) is 17.1. The van der Waals surface area contributed by atoms with E-state index < -0.39 is 23.4 Å². The first kappa shape index (κ1) is 16.0. The monoisotopic (exact) mass is 333 g/mol. The van der Waals surface area contributed by atoms with Crippen LogP contribution in [0.25, 0.3) is 0 Å². The van der Waals surface area contributed by atoms with Crippen molar-refractivity contribution in [3.8, 4) is 0 Å². The molecule has 4 nitrogen and oxygen atoms in total. The summed E-state index contributed by atoms with van der Waals surface area (Å²) < 4.78 is 39.6. The molecule has 2 aromatic carbocycles. The van der Waals surface area contributed by atoms with E-state index in [9.17, 15) is 18.0 Å². The molecule has 2 aromatic rings. The standard InChI is InChI=1S/C17H14F3N3O/c18-13-3-1-2-11(8-13)17(24)23-7-6-16(22-23)21-10-12-4-5-14(19)9-15(12)20/h1-5,8-9H,6-7,10H2,(H,21,22). The van der Waals surface area contributed by atoms with Crippen LogP contribution in [0.1, 0.15) is 22.3 Å². The first-order valence-electron chi connectivity index (χ1n) is 7.35. The van der Waals surface area contributed by atoms with Gasteiger partial charge in [0, 0.05) is 30.2 Å². The SMILES string of the molecule is O=C(c1cccc(F)c1)N1CCC(NCc2ccc(F)cc2F)=N1. The maximum Gasteiger partial charge on any atom is 0.274 e. The molecule has 0 aromatic heterocycles. The van der Waals surface area contributed by atoms with Gasteiger partial charge in [-0.25, -0.2) is 18.2 Å². The summed E-state index contributed by atoms with van der Waals surface area (Å²) in [6.07, 6.45) is 0.476. The fourth-order valence-electron chi connectivity index (χ4n) is 2.36. The number of hydrazone groups is 1. The maximum absolute atomic E-state index is 13.6. The Morgan fingerprint density at radius 2 is 1.92 bits per heavy atom. The minimum Gasteiger partial charge on any atom is -0.368 e. The van der Waals surface area contributed by atoms with Crippen molar-refractivity contribution in [3.05, 3.63) is 71.0 Å². The third-order valence-electron chi connectivity index (χ3n) is 3.61. The Morgan fingerprint density at radius 3 is 2.67 bits per heavy atom. The van der Waals surface area contributed by atoms with Crippen molar-refractivity contribution in [3.63, 3.8) is 0 Å². The summed E-state index contributed by atoms with van der Waals surface area (Å²) in [5, 5.41) is 8.29. The van der Waals surface area contributed by atoms with Crippen LogP contribution in [0.2, 0.25) is 0 Å². The number of carbonyl (C=O) groups excluding carboxylic acids is 1. The topological polar surface area (TPSA) is 44.7 Å². The molecule has 1 aliphatic rings. The lowest BCUT2D eigenvalue weighted by Crippen LogP contribution is -2.23. The highest BCUT2D eigenvalue weighted by molar-refractivity contribution is 5.96. The van der Waals surface area contributed by atoms with E-state index in [1.807, 2.05) is 0 Å². The Morgan fingerprint density at radius 1 is 1.12 bits per heavy atom. The number of carbonyl (C=O) groups is 1. The molecule has 1 aliphatic heterocycles. The van der Waals surface area contributed by atoms with Gasteiger partial charge >= 0.3 is 0 Å². The number of halogens is 3. The number of benzene rings is 2. The van der Waals surface area contributed by atoms with Gasteiger partial charge in [0.15, 0.2) is 0 Å². The van der Waals surface area contributed by atoms with E-state index in [2.05, 4.69) is 10.4 Å². The third-order valence-corrected chi connectivity index (χ3v) is 3.61. The molecule has 0 bridgehead atoms. The van der Waals surface area contributed by atoms with Crippen molar-refractivity contribution in [1.82, 2.24) is 10.3 Å². The second kappa shape index (κ2) is 6.74. The molecular formula is C17H14F3N3O. The predicted octanol–water partition coefficient (Wildman–Crippen LogP) is 3.05. The number of hydrogen-bond acceptors (Lipinski definition) is 3. The van der Waals surface area contributed by atoms with Gasteiger partial charge in [-0.2, -0.15) is 5.10 Å². The van der Waals surface area contributed by atoms with Crippen LogP contribution in [0, 0.1) is 17.5 Å². The van der Waals surface area contributed by atoms with Crippen LogP contribution >= 0.6 is 0 Å². The molecule has 0 saturated heterocycles. The van der Waals surface area contributed by atoms with Crippen molar-refractivity contribution >= 4 is 11.7 Å². The lowest BCUT2D eigenvalue weighted by atomic mass is 10.2. The number of nitrogens with zero attached hydrogens (tertiary/aromatic N) is 2. The second-order valence-electron chi connectivity index (χ2n) is 5.32. The van der Waals surface area contributed by atoms with Gasteiger partial charge < -0.3 is 5.32 Å². The third kappa shape index (κ3) is 3.56. The first-order chi connectivity index (χ1) is 11.5. The molecule has 0 atom stereocenters. The molecular weight excluding hydrogens is 319 g/mol. The Labute approximate surface area is 136 Å². The minimum atomic E-state index is -0.645. The van der Waals surface area contributed by atoms with Gasteiger partial charge in [-0.05, 0) is 24.3 Å². The fraction of sp³-hybridized carbons (Fsp3) is 0.176. The van der Waals surface area contributed by atoms with Gasteiger partial charge in [-0.1, -0.05) is 12.1 Å². The highest BCUT2D eigenvalue weighted by Gasteiger charge is 2.22. The average molecular weight is 333 g/mol. The lowest BCUT2D eigenvalue weighted by molar-refractivity contribution is 0.0777. The normalized spacial score (nSPS) is 13.8. The fourth-order valence-corrected chi connectivity index (χ4v) is 2.36. The van der Waals surface area contributed by atoms with Crippen LogP contribution < -0.4 is 5.32 Å². The van der Waals surface area contributed by atoms with Gasteiger partial charge in [0.2, 0.25) is 0 Å². The molecule has 1 N–H and O–H groups in total. The van der Waals surface area contributed by atoms with Crippen LogP contribution in [0.3, 0.4) is 0 Å². The quantitative estimate of drug-likeness (QED) is 0.938. The maximum atomic E-state index is 13.6. The number of amides is 1. The summed E-state index contributed by atoms with van der Waals surface area (Å²) in [5.41, 5.74) is 0.513. The molecule has 24 heavy (non-hydrogen) atoms. The summed E-state index contributed by atoms with van der Waals surface area (Å²) in [5.74, 6) is -1.66. The first-order valence-corrected chi connectivity index (χ1v) is 7.35. The summed E-state index contributed by atoms with van der Waals surface area (Å²) in [6.45, 7) is 0.483. The summed E-state index contributed by atoms with van der Waals surface area (Å²) >= 11 is 0. The van der Waals surface area contributed by atoms with Crippen LogP contribution in [0.15, 0.2) is 47.6 Å². The highest BCUT2D eigenvalue weighted by atomic mass is 19.1. The molecule has 7 heteroatoms. The minimum absolute atomic E-state index is 0.132. The van der Waals surface area contributed by atoms with E-state index in [0.717, 1.165) is 12.1 Å². The molecule has 0 fully saturated rings. The molecule has 0 aliphatic carbocycles. The molecule has 0 radical (unpaired) electrons. The van der Waals surface area contributed by atoms with Crippen LogP contribution in [0.4, 0.5) is 13.2 Å². The zero-order valence-corrected chi connectivity index (χ0v) is 12.6. The van der Waals surface area contributed by atoms with Crippen LogP contribution in [0.5, 0.6) is 0 Å². The van der Waals surface area contributed by atoms with Gasteiger partial charge in [0.05, 0.1) is 6.54 Å². The Kier molecular flexibility index (Phi) is 4.50. The van der Waals surface area contributed by atoms with E-state index in [-0.39, 0.29) is 12.1 Å². The number of rotatable bonds is 3. The molecule has 1 heterocycles. The number of nitrogens with one attached hydrogen (secondary N) is 1. The van der Waals surface area contributed by atoms with Gasteiger partial charge in [-0.15, -0.1) is 0 Å². The summed E-state index contributed by atoms with van der Waals surface area (Å²) in [6, 6.07) is 8.72. The number of hydrogen-bond donors (Lipinski definition) is 1. The summed E-state index contributed by atoms with van der Waals surface area (Å²) in [7, 11) is 0. The average Bonchev–Trinajstić information content (AvgIpc) is 3.02. The predicted molar refractivity (Wildman–Crippen MR) is 82.7 cm³/mol. The van der Waals surface area contributed by atoms with Crippen LogP contribution in [-0.2, 0) is 6.54 Å². The smallest absolute Gasteiger partial charge is 0.274 e. The zero-order valence-electron chi connectivity index (χ0n) is 12.6. The van der Waals surface area contributed by atoms with Crippen molar-refractivity contribution in [2.75, 3.05) is 6.54 Å². The van der Waals surface area contributed by atoms with Crippen molar-refractivity contribution < 1.29 is 18.0 Å². The molecule has 0 saturated carbocycles. The number of amidine groups is 1. The Hall–Kier alpha value is -2.83. The van der Waals surface area contributed by atoms with Crippen LogP contribution in [-0.4, -0.2) is 23.3 Å². The van der Waals surface area contributed by atoms with E-state index in [1.165, 1.54) is 35.3 Å². The van der Waals surface area contributed by atoms with Gasteiger partial charge in [0.25, 0.3) is 5.91 Å².